The zero-order valence-electron chi connectivity index (χ0n) is 12.7. The SMILES string of the molecule is C=C(C)[C@@H]1COc2c(C)c(OC)c3c(c2[C@@H]1O)[C@@H](O)OC3=O. The fourth-order valence-electron chi connectivity index (χ4n) is 3.16. The first kappa shape index (κ1) is 14.9. The Bertz CT molecular complexity index is 678. The number of esters is 1. The van der Waals surface area contributed by atoms with Crippen LogP contribution in [-0.4, -0.2) is 29.9 Å². The average Bonchev–Trinajstić information content (AvgIpc) is 2.74. The van der Waals surface area contributed by atoms with Crippen LogP contribution < -0.4 is 9.47 Å². The molecule has 6 heteroatoms. The average molecular weight is 306 g/mol. The van der Waals surface area contributed by atoms with Crippen LogP contribution in [0.4, 0.5) is 0 Å². The Labute approximate surface area is 127 Å². The van der Waals surface area contributed by atoms with Crippen LogP contribution >= 0.6 is 0 Å². The van der Waals surface area contributed by atoms with Crippen molar-refractivity contribution < 1.29 is 29.2 Å². The van der Waals surface area contributed by atoms with Crippen molar-refractivity contribution in [2.24, 2.45) is 5.92 Å². The second-order valence-electron chi connectivity index (χ2n) is 5.66. The van der Waals surface area contributed by atoms with E-state index in [0.29, 0.717) is 22.6 Å². The van der Waals surface area contributed by atoms with Gasteiger partial charge < -0.3 is 24.4 Å². The topological polar surface area (TPSA) is 85.2 Å². The number of methoxy groups -OCH3 is 1. The van der Waals surface area contributed by atoms with Crippen molar-refractivity contribution in [3.63, 3.8) is 0 Å². The summed E-state index contributed by atoms with van der Waals surface area (Å²) in [6.45, 7) is 7.68. The molecule has 0 fully saturated rings. The predicted octanol–water partition coefficient (Wildman–Crippen LogP) is 1.78. The predicted molar refractivity (Wildman–Crippen MR) is 76.9 cm³/mol. The summed E-state index contributed by atoms with van der Waals surface area (Å²) in [4.78, 5) is 12.0. The van der Waals surface area contributed by atoms with E-state index in [9.17, 15) is 15.0 Å². The maximum atomic E-state index is 12.0. The van der Waals surface area contributed by atoms with E-state index < -0.39 is 18.4 Å². The number of rotatable bonds is 2. The molecule has 0 aromatic heterocycles. The lowest BCUT2D eigenvalue weighted by molar-refractivity contribution is -0.0571. The Kier molecular flexibility index (Phi) is 3.38. The van der Waals surface area contributed by atoms with Crippen LogP contribution in [0.25, 0.3) is 0 Å². The third-order valence-electron chi connectivity index (χ3n) is 4.30. The highest BCUT2D eigenvalue weighted by molar-refractivity contribution is 5.98. The molecule has 0 saturated heterocycles. The number of fused-ring (bicyclic) bond motifs is 3. The van der Waals surface area contributed by atoms with E-state index in [1.807, 2.05) is 0 Å². The molecule has 0 saturated carbocycles. The highest BCUT2D eigenvalue weighted by atomic mass is 16.6. The first-order valence-electron chi connectivity index (χ1n) is 6.98. The van der Waals surface area contributed by atoms with E-state index in [4.69, 9.17) is 14.2 Å². The maximum Gasteiger partial charge on any atom is 0.345 e. The number of ether oxygens (including phenoxy) is 3. The summed E-state index contributed by atoms with van der Waals surface area (Å²) in [5.74, 6) is -0.253. The van der Waals surface area contributed by atoms with Crippen LogP contribution in [0.3, 0.4) is 0 Å². The van der Waals surface area contributed by atoms with E-state index in [2.05, 4.69) is 6.58 Å². The second-order valence-corrected chi connectivity index (χ2v) is 5.66. The van der Waals surface area contributed by atoms with Crippen LogP contribution in [0.1, 0.15) is 46.4 Å². The fraction of sp³-hybridized carbons (Fsp3) is 0.438. The van der Waals surface area contributed by atoms with Gasteiger partial charge in [0.25, 0.3) is 0 Å². The minimum atomic E-state index is -1.44. The van der Waals surface area contributed by atoms with Crippen molar-refractivity contribution in [2.45, 2.75) is 26.2 Å². The fourth-order valence-corrected chi connectivity index (χ4v) is 3.16. The number of carbonyl (C=O) groups excluding carboxylic acids is 1. The van der Waals surface area contributed by atoms with Gasteiger partial charge in [0.2, 0.25) is 6.29 Å². The quantitative estimate of drug-likeness (QED) is 0.640. The molecule has 22 heavy (non-hydrogen) atoms. The van der Waals surface area contributed by atoms with Gasteiger partial charge in [-0.3, -0.25) is 0 Å². The number of benzene rings is 1. The van der Waals surface area contributed by atoms with Crippen molar-refractivity contribution in [3.8, 4) is 11.5 Å². The van der Waals surface area contributed by atoms with Gasteiger partial charge in [-0.15, -0.1) is 0 Å². The molecule has 118 valence electrons. The Morgan fingerprint density at radius 1 is 1.36 bits per heavy atom. The zero-order valence-corrected chi connectivity index (χ0v) is 12.7. The number of aliphatic hydroxyl groups excluding tert-OH is 2. The zero-order chi connectivity index (χ0) is 16.2. The highest BCUT2D eigenvalue weighted by Crippen LogP contribution is 2.51. The van der Waals surface area contributed by atoms with Crippen LogP contribution in [-0.2, 0) is 4.74 Å². The first-order chi connectivity index (χ1) is 10.4. The molecule has 6 nitrogen and oxygen atoms in total. The van der Waals surface area contributed by atoms with E-state index >= 15 is 0 Å². The summed E-state index contributed by atoms with van der Waals surface area (Å²) in [7, 11) is 1.43. The van der Waals surface area contributed by atoms with Gasteiger partial charge in [0, 0.05) is 22.6 Å². The molecule has 0 spiro atoms. The number of hydrogen-bond donors (Lipinski definition) is 2. The van der Waals surface area contributed by atoms with Gasteiger partial charge in [-0.1, -0.05) is 12.2 Å². The largest absolute Gasteiger partial charge is 0.495 e. The molecule has 0 aliphatic carbocycles. The van der Waals surface area contributed by atoms with Gasteiger partial charge in [0.1, 0.15) is 17.1 Å². The molecule has 3 rings (SSSR count). The smallest absolute Gasteiger partial charge is 0.345 e. The Morgan fingerprint density at radius 3 is 2.64 bits per heavy atom. The van der Waals surface area contributed by atoms with Crippen molar-refractivity contribution >= 4 is 5.97 Å². The number of hydrogen-bond acceptors (Lipinski definition) is 6. The van der Waals surface area contributed by atoms with Crippen LogP contribution in [0.15, 0.2) is 12.2 Å². The summed E-state index contributed by atoms with van der Waals surface area (Å²) in [5, 5.41) is 20.8. The van der Waals surface area contributed by atoms with Crippen molar-refractivity contribution in [1.82, 2.24) is 0 Å². The molecule has 2 N–H and O–H groups in total. The van der Waals surface area contributed by atoms with Crippen molar-refractivity contribution in [2.75, 3.05) is 13.7 Å². The maximum absolute atomic E-state index is 12.0. The number of cyclic esters (lactones) is 1. The van der Waals surface area contributed by atoms with Crippen LogP contribution in [0.2, 0.25) is 0 Å². The molecule has 2 aliphatic heterocycles. The van der Waals surface area contributed by atoms with Crippen LogP contribution in [0.5, 0.6) is 11.5 Å². The molecular formula is C16H18O6. The van der Waals surface area contributed by atoms with E-state index in [1.54, 1.807) is 13.8 Å². The second kappa shape index (κ2) is 5.00. The van der Waals surface area contributed by atoms with Gasteiger partial charge in [-0.05, 0) is 13.8 Å². The normalized spacial score (nSPS) is 25.9. The Morgan fingerprint density at radius 2 is 2.05 bits per heavy atom. The lowest BCUT2D eigenvalue weighted by Crippen LogP contribution is -2.29. The summed E-state index contributed by atoms with van der Waals surface area (Å²) in [6, 6.07) is 0. The standard InChI is InChI=1S/C16H18O6/c1-6(2)8-5-21-14-7(3)13(20-4)11-9(10(14)12(8)17)15(18)22-16(11)19/h8,12,15,17-18H,1,5H2,2-4H3/t8-,12+,15-/m0/s1. The molecule has 3 atom stereocenters. The lowest BCUT2D eigenvalue weighted by Gasteiger charge is -2.33. The molecule has 2 aliphatic rings. The van der Waals surface area contributed by atoms with Gasteiger partial charge in [0.15, 0.2) is 0 Å². The van der Waals surface area contributed by atoms with Gasteiger partial charge in [-0.2, -0.15) is 0 Å². The number of aliphatic hydroxyl groups is 2. The van der Waals surface area contributed by atoms with E-state index in [-0.39, 0.29) is 23.7 Å². The van der Waals surface area contributed by atoms with Crippen molar-refractivity contribution in [3.05, 3.63) is 34.4 Å². The summed E-state index contributed by atoms with van der Waals surface area (Å²) < 4.78 is 15.9. The monoisotopic (exact) mass is 306 g/mol. The third-order valence-corrected chi connectivity index (χ3v) is 4.30. The molecule has 0 unspecified atom stereocenters. The third kappa shape index (κ3) is 1.84. The minimum absolute atomic E-state index is 0.149. The van der Waals surface area contributed by atoms with Gasteiger partial charge >= 0.3 is 5.97 Å². The Hall–Kier alpha value is -2.05. The summed E-state index contributed by atoms with van der Waals surface area (Å²) in [6.07, 6.45) is -2.36. The van der Waals surface area contributed by atoms with E-state index in [1.165, 1.54) is 7.11 Å². The molecule has 1 aromatic carbocycles. The van der Waals surface area contributed by atoms with Gasteiger partial charge in [0.05, 0.1) is 19.8 Å². The van der Waals surface area contributed by atoms with E-state index in [0.717, 1.165) is 5.57 Å². The number of carbonyl (C=O) groups is 1. The Balaban J connectivity index is 2.31. The van der Waals surface area contributed by atoms with Gasteiger partial charge in [-0.25, -0.2) is 4.79 Å². The summed E-state index contributed by atoms with van der Waals surface area (Å²) >= 11 is 0. The molecule has 1 aromatic rings. The minimum Gasteiger partial charge on any atom is -0.495 e. The first-order valence-corrected chi connectivity index (χ1v) is 6.98. The lowest BCUT2D eigenvalue weighted by atomic mass is 9.83. The van der Waals surface area contributed by atoms with Crippen molar-refractivity contribution in [1.29, 1.82) is 0 Å². The summed E-state index contributed by atoms with van der Waals surface area (Å²) in [5.41, 5.74) is 2.12. The molecule has 0 amide bonds. The molecule has 2 heterocycles. The molecule has 0 radical (unpaired) electrons. The molecule has 0 bridgehead atoms. The van der Waals surface area contributed by atoms with Crippen LogP contribution in [0, 0.1) is 12.8 Å². The molecular weight excluding hydrogens is 288 g/mol. The highest BCUT2D eigenvalue weighted by Gasteiger charge is 2.44.